The van der Waals surface area contributed by atoms with Gasteiger partial charge >= 0.3 is 0 Å². The molecule has 0 radical (unpaired) electrons. The summed E-state index contributed by atoms with van der Waals surface area (Å²) in [5.74, 6) is 1.49. The molecule has 1 atom stereocenters. The first-order valence-corrected chi connectivity index (χ1v) is 7.46. The smallest absolute Gasteiger partial charge is 0.253 e. The van der Waals surface area contributed by atoms with Crippen LogP contribution in [0.25, 0.3) is 0 Å². The molecule has 1 aliphatic heterocycles. The first-order valence-electron chi connectivity index (χ1n) is 7.46. The lowest BCUT2D eigenvalue weighted by Crippen LogP contribution is -2.40. The lowest BCUT2D eigenvalue weighted by molar-refractivity contribution is 0.0669. The number of ether oxygens (including phenoxy) is 1. The number of nitrogens with zero attached hydrogens (tertiary/aromatic N) is 1. The van der Waals surface area contributed by atoms with Crippen molar-refractivity contribution in [2.75, 3.05) is 26.2 Å². The highest BCUT2D eigenvalue weighted by Crippen LogP contribution is 2.21. The molecule has 0 aromatic heterocycles. The Morgan fingerprint density at radius 1 is 1.40 bits per heavy atom. The minimum Gasteiger partial charge on any atom is -0.494 e. The molecule has 1 aromatic carbocycles. The van der Waals surface area contributed by atoms with Gasteiger partial charge in [-0.1, -0.05) is 0 Å². The van der Waals surface area contributed by atoms with Crippen LogP contribution in [0.4, 0.5) is 0 Å². The molecule has 1 heterocycles. The third-order valence-corrected chi connectivity index (χ3v) is 3.79. The standard InChI is InChI=1S/C16H24N2O2/c1-2-20-15-7-5-14(6-8-15)16(19)18-11-3-4-13(12-18)9-10-17/h5-8,13H,2-4,9-12,17H2,1H3. The van der Waals surface area contributed by atoms with Crippen LogP contribution in [0.3, 0.4) is 0 Å². The minimum absolute atomic E-state index is 0.120. The summed E-state index contributed by atoms with van der Waals surface area (Å²) in [5.41, 5.74) is 6.36. The van der Waals surface area contributed by atoms with E-state index in [2.05, 4.69) is 0 Å². The molecule has 1 aromatic rings. The highest BCUT2D eigenvalue weighted by Gasteiger charge is 2.23. The molecule has 1 unspecified atom stereocenters. The van der Waals surface area contributed by atoms with Gasteiger partial charge in [-0.15, -0.1) is 0 Å². The number of piperidine rings is 1. The number of hydrogen-bond acceptors (Lipinski definition) is 3. The molecule has 1 saturated heterocycles. The lowest BCUT2D eigenvalue weighted by Gasteiger charge is -2.32. The van der Waals surface area contributed by atoms with Crippen molar-refractivity contribution in [1.29, 1.82) is 0 Å². The van der Waals surface area contributed by atoms with E-state index in [1.165, 1.54) is 6.42 Å². The van der Waals surface area contributed by atoms with Gasteiger partial charge in [0.15, 0.2) is 0 Å². The Balaban J connectivity index is 1.99. The highest BCUT2D eigenvalue weighted by molar-refractivity contribution is 5.94. The highest BCUT2D eigenvalue weighted by atomic mass is 16.5. The zero-order chi connectivity index (χ0) is 14.4. The average Bonchev–Trinajstić information content (AvgIpc) is 2.48. The number of carbonyl (C=O) groups excluding carboxylic acids is 1. The Morgan fingerprint density at radius 2 is 2.15 bits per heavy atom. The molecule has 2 N–H and O–H groups in total. The van der Waals surface area contributed by atoms with Gasteiger partial charge in [0, 0.05) is 18.7 Å². The maximum Gasteiger partial charge on any atom is 0.253 e. The van der Waals surface area contributed by atoms with Crippen molar-refractivity contribution in [2.24, 2.45) is 11.7 Å². The van der Waals surface area contributed by atoms with Gasteiger partial charge in [-0.05, 0) is 62.9 Å². The van der Waals surface area contributed by atoms with Crippen LogP contribution in [-0.2, 0) is 0 Å². The van der Waals surface area contributed by atoms with E-state index in [0.29, 0.717) is 19.1 Å². The summed E-state index contributed by atoms with van der Waals surface area (Å²) < 4.78 is 5.40. The topological polar surface area (TPSA) is 55.6 Å². The van der Waals surface area contributed by atoms with Crippen LogP contribution >= 0.6 is 0 Å². The predicted molar refractivity (Wildman–Crippen MR) is 79.9 cm³/mol. The Morgan fingerprint density at radius 3 is 2.80 bits per heavy atom. The third kappa shape index (κ3) is 3.73. The van der Waals surface area contributed by atoms with Crippen LogP contribution in [-0.4, -0.2) is 37.0 Å². The first kappa shape index (κ1) is 14.9. The average molecular weight is 276 g/mol. The van der Waals surface area contributed by atoms with E-state index in [9.17, 15) is 4.79 Å². The summed E-state index contributed by atoms with van der Waals surface area (Å²) >= 11 is 0. The largest absolute Gasteiger partial charge is 0.494 e. The van der Waals surface area contributed by atoms with E-state index < -0.39 is 0 Å². The molecule has 0 aliphatic carbocycles. The van der Waals surface area contributed by atoms with Crippen molar-refractivity contribution in [1.82, 2.24) is 4.90 Å². The second kappa shape index (κ2) is 7.29. The molecule has 110 valence electrons. The van der Waals surface area contributed by atoms with Crippen LogP contribution < -0.4 is 10.5 Å². The van der Waals surface area contributed by atoms with E-state index in [1.807, 2.05) is 36.1 Å². The number of hydrogen-bond donors (Lipinski definition) is 1. The molecular weight excluding hydrogens is 252 g/mol. The fraction of sp³-hybridized carbons (Fsp3) is 0.562. The van der Waals surface area contributed by atoms with E-state index in [0.717, 1.165) is 37.2 Å². The number of likely N-dealkylation sites (tertiary alicyclic amines) is 1. The minimum atomic E-state index is 0.120. The first-order chi connectivity index (χ1) is 9.74. The molecule has 0 saturated carbocycles. The van der Waals surface area contributed by atoms with Crippen molar-refractivity contribution in [3.8, 4) is 5.75 Å². The monoisotopic (exact) mass is 276 g/mol. The summed E-state index contributed by atoms with van der Waals surface area (Å²) in [6.45, 7) is 4.98. The Kier molecular flexibility index (Phi) is 5.41. The van der Waals surface area contributed by atoms with Gasteiger partial charge in [0.1, 0.15) is 5.75 Å². The molecular formula is C16H24N2O2. The van der Waals surface area contributed by atoms with Crippen LogP contribution in [0.1, 0.15) is 36.5 Å². The molecule has 1 fully saturated rings. The van der Waals surface area contributed by atoms with Gasteiger partial charge in [-0.25, -0.2) is 0 Å². The second-order valence-corrected chi connectivity index (χ2v) is 5.29. The Hall–Kier alpha value is -1.55. The zero-order valence-electron chi connectivity index (χ0n) is 12.2. The molecule has 0 bridgehead atoms. The molecule has 0 spiro atoms. The second-order valence-electron chi connectivity index (χ2n) is 5.29. The zero-order valence-corrected chi connectivity index (χ0v) is 12.2. The SMILES string of the molecule is CCOc1ccc(C(=O)N2CCCC(CCN)C2)cc1. The Bertz CT molecular complexity index is 429. The van der Waals surface area contributed by atoms with Crippen molar-refractivity contribution in [2.45, 2.75) is 26.2 Å². The molecule has 4 nitrogen and oxygen atoms in total. The van der Waals surface area contributed by atoms with E-state index in [1.54, 1.807) is 0 Å². The number of rotatable bonds is 5. The normalized spacial score (nSPS) is 18.9. The summed E-state index contributed by atoms with van der Waals surface area (Å²) in [4.78, 5) is 14.4. The molecule has 20 heavy (non-hydrogen) atoms. The number of benzene rings is 1. The molecule has 1 amide bonds. The maximum atomic E-state index is 12.5. The lowest BCUT2D eigenvalue weighted by atomic mass is 9.94. The Labute approximate surface area is 120 Å². The molecule has 2 rings (SSSR count). The van der Waals surface area contributed by atoms with Crippen LogP contribution in [0.2, 0.25) is 0 Å². The van der Waals surface area contributed by atoms with Gasteiger partial charge in [0.05, 0.1) is 6.61 Å². The van der Waals surface area contributed by atoms with E-state index in [-0.39, 0.29) is 5.91 Å². The van der Waals surface area contributed by atoms with Gasteiger partial charge in [0.25, 0.3) is 5.91 Å². The number of amides is 1. The van der Waals surface area contributed by atoms with Gasteiger partial charge in [0.2, 0.25) is 0 Å². The van der Waals surface area contributed by atoms with Gasteiger partial charge in [-0.2, -0.15) is 0 Å². The van der Waals surface area contributed by atoms with Crippen molar-refractivity contribution in [3.05, 3.63) is 29.8 Å². The summed E-state index contributed by atoms with van der Waals surface area (Å²) in [6, 6.07) is 7.41. The van der Waals surface area contributed by atoms with E-state index >= 15 is 0 Å². The van der Waals surface area contributed by atoms with Crippen LogP contribution in [0, 0.1) is 5.92 Å². The van der Waals surface area contributed by atoms with Crippen LogP contribution in [0.15, 0.2) is 24.3 Å². The summed E-state index contributed by atoms with van der Waals surface area (Å²) in [5, 5.41) is 0. The van der Waals surface area contributed by atoms with Gasteiger partial charge < -0.3 is 15.4 Å². The fourth-order valence-electron chi connectivity index (χ4n) is 2.76. The molecule has 1 aliphatic rings. The van der Waals surface area contributed by atoms with Crippen molar-refractivity contribution in [3.63, 3.8) is 0 Å². The predicted octanol–water partition coefficient (Wildman–Crippen LogP) is 2.29. The van der Waals surface area contributed by atoms with Crippen LogP contribution in [0.5, 0.6) is 5.75 Å². The number of carbonyl (C=O) groups is 1. The molecule has 4 heteroatoms. The number of nitrogens with two attached hydrogens (primary N) is 1. The van der Waals surface area contributed by atoms with Gasteiger partial charge in [-0.3, -0.25) is 4.79 Å². The quantitative estimate of drug-likeness (QED) is 0.897. The summed E-state index contributed by atoms with van der Waals surface area (Å²) in [6.07, 6.45) is 3.27. The van der Waals surface area contributed by atoms with Crippen molar-refractivity contribution < 1.29 is 9.53 Å². The van der Waals surface area contributed by atoms with E-state index in [4.69, 9.17) is 10.5 Å². The fourth-order valence-corrected chi connectivity index (χ4v) is 2.76. The third-order valence-electron chi connectivity index (χ3n) is 3.79. The maximum absolute atomic E-state index is 12.5. The van der Waals surface area contributed by atoms with Crippen molar-refractivity contribution >= 4 is 5.91 Å². The summed E-state index contributed by atoms with van der Waals surface area (Å²) in [7, 11) is 0.